The van der Waals surface area contributed by atoms with Crippen LogP contribution < -0.4 is 16.0 Å². The lowest BCUT2D eigenvalue weighted by molar-refractivity contribution is -0.182. The van der Waals surface area contributed by atoms with E-state index in [1.54, 1.807) is 39.8 Å². The number of likely N-dealkylation sites (N-methyl/N-ethyl adjacent to an activating group) is 7. The van der Waals surface area contributed by atoms with Crippen LogP contribution in [0.15, 0.2) is 12.2 Å². The van der Waals surface area contributed by atoms with E-state index in [0.717, 1.165) is 19.6 Å². The lowest BCUT2D eigenvalue weighted by Crippen LogP contribution is -2.71. The third-order valence-electron chi connectivity index (χ3n) is 23.3. The Kier molecular flexibility index (Phi) is 31.3. The summed E-state index contributed by atoms with van der Waals surface area (Å²) in [6.45, 7) is 13.0. The molecule has 13 atom stereocenters. The van der Waals surface area contributed by atoms with Gasteiger partial charge < -0.3 is 64.8 Å². The monoisotopic (exact) mass is 1530 g/mol. The van der Waals surface area contributed by atoms with E-state index in [2.05, 4.69) is 16.0 Å². The Morgan fingerprint density at radius 3 is 1.88 bits per heavy atom. The molecule has 1 spiro atoms. The third-order valence-corrected chi connectivity index (χ3v) is 23.8. The van der Waals surface area contributed by atoms with Crippen LogP contribution in [0, 0.1) is 35.0 Å². The number of hydrogen-bond acceptors (Lipinski definition) is 13. The van der Waals surface area contributed by atoms with Gasteiger partial charge >= 0.3 is 6.18 Å². The molecule has 31 heteroatoms. The molecule has 3 aliphatic heterocycles. The molecule has 5 fully saturated rings. The second kappa shape index (κ2) is 37.6. The van der Waals surface area contributed by atoms with Crippen LogP contribution in [0.2, 0.25) is 0 Å². The first kappa shape index (κ1) is 88.2. The maximum Gasteiger partial charge on any atom is 0.393 e. The minimum absolute atomic E-state index is 0.00729. The number of hydrogen-bond donors (Lipinski definition) is 3. The zero-order valence-electron chi connectivity index (χ0n) is 65.3. The molecule has 3 N–H and O–H groups in total. The topological polar surface area (TPSA) is 279 Å². The van der Waals surface area contributed by atoms with Gasteiger partial charge in [0.25, 0.3) is 0 Å². The van der Waals surface area contributed by atoms with Crippen LogP contribution in [0.25, 0.3) is 0 Å². The van der Waals surface area contributed by atoms with Crippen molar-refractivity contribution in [2.45, 2.75) is 268 Å². The summed E-state index contributed by atoms with van der Waals surface area (Å²) in [7, 11) is 11.1. The highest BCUT2D eigenvalue weighted by Crippen LogP contribution is 2.50. The fourth-order valence-electron chi connectivity index (χ4n) is 16.8. The van der Waals surface area contributed by atoms with Crippen LogP contribution >= 0.6 is 11.6 Å². The second-order valence-electron chi connectivity index (χ2n) is 32.0. The number of alkyl halides is 6. The summed E-state index contributed by atoms with van der Waals surface area (Å²) in [5.74, 6) is -15.6. The number of halogens is 6. The van der Waals surface area contributed by atoms with Crippen molar-refractivity contribution < 1.29 is 84.2 Å². The van der Waals surface area contributed by atoms with E-state index < -0.39 is 216 Å². The average molecular weight is 1530 g/mol. The Labute approximate surface area is 628 Å². The Bertz CT molecular complexity index is 3160. The highest BCUT2D eigenvalue weighted by atomic mass is 35.5. The van der Waals surface area contributed by atoms with E-state index in [1.165, 1.54) is 80.9 Å². The van der Waals surface area contributed by atoms with Crippen LogP contribution in [0.1, 0.15) is 190 Å². The predicted molar refractivity (Wildman–Crippen MR) is 388 cm³/mol. The fourth-order valence-corrected chi connectivity index (χ4v) is 17.4. The molecule has 3 saturated carbocycles. The van der Waals surface area contributed by atoms with E-state index in [1.807, 2.05) is 27.7 Å². The Balaban J connectivity index is 1.49. The molecule has 25 nitrogen and oxygen atoms in total. The van der Waals surface area contributed by atoms with Crippen molar-refractivity contribution in [3.8, 4) is 0 Å². The molecule has 12 amide bonds. The molecule has 6 aliphatic rings. The molecule has 0 aromatic carbocycles. The highest BCUT2D eigenvalue weighted by molar-refractivity contribution is 6.21. The van der Waals surface area contributed by atoms with Gasteiger partial charge in [0.2, 0.25) is 76.8 Å². The zero-order valence-corrected chi connectivity index (χ0v) is 66.1. The molecule has 2 saturated heterocycles. The van der Waals surface area contributed by atoms with Crippen molar-refractivity contribution in [1.82, 2.24) is 60.0 Å². The quantitative estimate of drug-likeness (QED) is 0.0869. The number of carbonyl (C=O) groups excluding carboxylic acids is 12. The summed E-state index contributed by atoms with van der Waals surface area (Å²) in [4.78, 5) is 192. The summed E-state index contributed by atoms with van der Waals surface area (Å²) in [6.07, 6.45) is -2.27. The molecule has 0 aromatic heterocycles. The number of nitrogens with one attached hydrogen (secondary N) is 3. The number of fused-ring (bicyclic) bond motifs is 3. The van der Waals surface area contributed by atoms with E-state index in [9.17, 15) is 50.7 Å². The van der Waals surface area contributed by atoms with Gasteiger partial charge in [0.1, 0.15) is 53.9 Å². The molecule has 3 aliphatic carbocycles. The van der Waals surface area contributed by atoms with Gasteiger partial charge in [-0.15, -0.1) is 11.6 Å². The van der Waals surface area contributed by atoms with E-state index in [0.29, 0.717) is 25.7 Å². The van der Waals surface area contributed by atoms with Gasteiger partial charge in [-0.25, -0.2) is 8.78 Å². The average Bonchev–Trinajstić information content (AvgIpc) is 0.879. The van der Waals surface area contributed by atoms with Crippen molar-refractivity contribution in [2.24, 2.45) is 35.0 Å². The Morgan fingerprint density at radius 1 is 0.679 bits per heavy atom. The SMILES string of the molecule is CCC[C@H]1C(=O)N[C@@H]([C@@H](C)CC)C(=O)N(C)CC(=O)N(C)[C@H]2C/C=C\CCN(C2=O)[C@@H](CC2CCC(F)(F)CC2)C(=O)N(C)CC(=O)N[C@@H](CCC2CCC(C(F)(F)F)C(Cl)C2)C(=O)N2C[C@H](OCC)C[C@H]2C(=O)NC2(CC(C)(C)C2)C(=O)N(C)[C@@H](C(CC)CC)C(=O)N(C)[C@H](C(=O)N(C)C)CC(=O)N1C. The smallest absolute Gasteiger partial charge is 0.377 e. The molecule has 6 rings (SSSR count). The van der Waals surface area contributed by atoms with Gasteiger partial charge in [0.05, 0.1) is 31.5 Å². The zero-order chi connectivity index (χ0) is 79.4. The van der Waals surface area contributed by atoms with Gasteiger partial charge in [0.15, 0.2) is 0 Å². The van der Waals surface area contributed by atoms with Crippen LogP contribution in [-0.2, 0) is 62.3 Å². The number of ether oxygens (including phenoxy) is 1. The predicted octanol–water partition coefficient (Wildman–Crippen LogP) is 6.77. The molecule has 3 unspecified atom stereocenters. The van der Waals surface area contributed by atoms with Crippen LogP contribution in [0.3, 0.4) is 0 Å². The minimum atomic E-state index is -4.56. The number of amides is 12. The standard InChI is InChI=1S/C75H120ClF5N12O13/c1-17-25-53-63(97)83-61(45(6)18-2)69(103)87(12)42-60(96)89(14)54-26-23-22-24-35-92(68(54)102)57(37-47-31-33-74(77,78)34-32-47)67(101)86(11)41-58(94)82-52(30-28-46-27-29-50(51(76)36-46)75(79,80)81)65(99)93-40-49(106-21-5)38-55(93)64(98)84-73(43-72(7,8)44-73)71(105)91(16)62(48(19-3)20-4)70(104)90(15)56(66(100)85(9)10)39-59(95)88(53)13/h22-23,45-57,61-62H,17-21,24-44H2,1-16H3,(H,82,94)(H,83,97)(H,84,98)/b23-22-/t45-,46?,49+,50?,51?,52-,53-,54-,55-,56-,57-,61-,62-/m0/s1. The van der Waals surface area contributed by atoms with E-state index >= 15 is 28.8 Å². The van der Waals surface area contributed by atoms with Crippen LogP contribution in [0.4, 0.5) is 22.0 Å². The van der Waals surface area contributed by atoms with Crippen molar-refractivity contribution in [3.05, 3.63) is 12.2 Å². The molecule has 2 bridgehead atoms. The molecule has 106 heavy (non-hydrogen) atoms. The highest BCUT2D eigenvalue weighted by Gasteiger charge is 2.59. The molecule has 3 heterocycles. The van der Waals surface area contributed by atoms with Gasteiger partial charge in [-0.3, -0.25) is 57.5 Å². The Morgan fingerprint density at radius 2 is 1.31 bits per heavy atom. The molecule has 600 valence electrons. The fraction of sp³-hybridized carbons (Fsp3) is 0.813. The summed E-state index contributed by atoms with van der Waals surface area (Å²) in [5, 5.41) is 7.39. The summed E-state index contributed by atoms with van der Waals surface area (Å²) < 4.78 is 78.1. The normalized spacial score (nSPS) is 30.3. The Hall–Kier alpha value is -6.72. The van der Waals surface area contributed by atoms with E-state index in [4.69, 9.17) is 16.3 Å². The summed E-state index contributed by atoms with van der Waals surface area (Å²) in [6, 6.07) is -10.8. The summed E-state index contributed by atoms with van der Waals surface area (Å²) in [5.41, 5.74) is -2.27. The van der Waals surface area contributed by atoms with Crippen molar-refractivity contribution in [1.29, 1.82) is 0 Å². The van der Waals surface area contributed by atoms with Crippen molar-refractivity contribution in [2.75, 3.05) is 89.2 Å². The first-order valence-electron chi connectivity index (χ1n) is 38.2. The second-order valence-corrected chi connectivity index (χ2v) is 32.5. The van der Waals surface area contributed by atoms with Gasteiger partial charge in [-0.1, -0.05) is 86.3 Å². The first-order chi connectivity index (χ1) is 49.5. The molecule has 0 aromatic rings. The summed E-state index contributed by atoms with van der Waals surface area (Å²) >= 11 is 6.44. The number of nitrogens with zero attached hydrogens (tertiary/aromatic N) is 9. The minimum Gasteiger partial charge on any atom is -0.377 e. The van der Waals surface area contributed by atoms with E-state index in [-0.39, 0.29) is 110 Å². The van der Waals surface area contributed by atoms with Crippen molar-refractivity contribution >= 4 is 82.5 Å². The van der Waals surface area contributed by atoms with Gasteiger partial charge in [-0.05, 0) is 119 Å². The van der Waals surface area contributed by atoms with Gasteiger partial charge in [0, 0.05) is 101 Å². The lowest BCUT2D eigenvalue weighted by Gasteiger charge is -2.54. The van der Waals surface area contributed by atoms with Crippen molar-refractivity contribution in [3.63, 3.8) is 0 Å². The third kappa shape index (κ3) is 21.6. The maximum atomic E-state index is 15.8. The first-order valence-corrected chi connectivity index (χ1v) is 38.6. The number of carbonyl (C=O) groups is 12. The maximum absolute atomic E-state index is 15.8. The molecular formula is C75H120ClF5N12O13. The lowest BCUT2D eigenvalue weighted by atomic mass is 9.58. The number of rotatable bonds is 15. The van der Waals surface area contributed by atoms with Gasteiger partial charge in [-0.2, -0.15) is 13.2 Å². The molecule has 0 radical (unpaired) electrons. The van der Waals surface area contributed by atoms with Crippen LogP contribution in [0.5, 0.6) is 0 Å². The molecular weight excluding hydrogens is 1410 g/mol. The van der Waals surface area contributed by atoms with Crippen LogP contribution in [-0.4, -0.2) is 282 Å². The largest absolute Gasteiger partial charge is 0.393 e.